The van der Waals surface area contributed by atoms with Crippen molar-refractivity contribution >= 4 is 29.1 Å². The first-order chi connectivity index (χ1) is 8.52. The summed E-state index contributed by atoms with van der Waals surface area (Å²) in [5.74, 6) is -0.827. The molecule has 1 atom stereocenters. The number of nitrogens with two attached hydrogens (primary N) is 1. The highest BCUT2D eigenvalue weighted by Crippen LogP contribution is 2.12. The third-order valence-electron chi connectivity index (χ3n) is 2.35. The van der Waals surface area contributed by atoms with Gasteiger partial charge in [0.05, 0.1) is 6.54 Å². The molecule has 18 heavy (non-hydrogen) atoms. The average molecular weight is 270 g/mol. The van der Waals surface area contributed by atoms with Crippen LogP contribution in [0.15, 0.2) is 24.3 Å². The molecule has 0 spiro atoms. The van der Waals surface area contributed by atoms with E-state index in [1.54, 1.807) is 31.2 Å². The molecule has 1 rings (SSSR count). The number of rotatable bonds is 5. The Morgan fingerprint density at radius 2 is 1.94 bits per heavy atom. The second-order valence-electron chi connectivity index (χ2n) is 3.91. The highest BCUT2D eigenvalue weighted by Gasteiger charge is 2.11. The van der Waals surface area contributed by atoms with Crippen LogP contribution in [0.25, 0.3) is 0 Å². The fraction of sp³-hybridized carbons (Fsp3) is 0.333. The van der Waals surface area contributed by atoms with Gasteiger partial charge in [-0.3, -0.25) is 9.59 Å². The van der Waals surface area contributed by atoms with Crippen molar-refractivity contribution in [2.24, 2.45) is 11.7 Å². The summed E-state index contributed by atoms with van der Waals surface area (Å²) in [6.45, 7) is 1.88. The van der Waals surface area contributed by atoms with Crippen molar-refractivity contribution in [3.63, 3.8) is 0 Å². The molecule has 0 saturated heterocycles. The standard InChI is InChI=1S/C12H16ClN3O2/c1-8(6-14)12(18)15-7-11(17)16-10-4-2-9(13)3-5-10/h2-5,8H,6-7,14H2,1H3,(H,15,18)(H,16,17). The zero-order valence-corrected chi connectivity index (χ0v) is 10.8. The smallest absolute Gasteiger partial charge is 0.243 e. The predicted molar refractivity (Wildman–Crippen MR) is 71.3 cm³/mol. The topological polar surface area (TPSA) is 84.2 Å². The van der Waals surface area contributed by atoms with Gasteiger partial charge in [0.15, 0.2) is 0 Å². The lowest BCUT2D eigenvalue weighted by Crippen LogP contribution is -2.38. The van der Waals surface area contributed by atoms with Crippen LogP contribution in [0.1, 0.15) is 6.92 Å². The zero-order valence-electron chi connectivity index (χ0n) is 10.1. The van der Waals surface area contributed by atoms with E-state index in [9.17, 15) is 9.59 Å². The van der Waals surface area contributed by atoms with Crippen LogP contribution in [0.4, 0.5) is 5.69 Å². The normalized spacial score (nSPS) is 11.7. The van der Waals surface area contributed by atoms with Crippen molar-refractivity contribution in [1.29, 1.82) is 0 Å². The van der Waals surface area contributed by atoms with E-state index in [1.807, 2.05) is 0 Å². The van der Waals surface area contributed by atoms with Gasteiger partial charge in [0, 0.05) is 23.2 Å². The van der Waals surface area contributed by atoms with E-state index in [1.165, 1.54) is 0 Å². The zero-order chi connectivity index (χ0) is 13.5. The maximum absolute atomic E-state index is 11.5. The Bertz CT molecular complexity index is 420. The quantitative estimate of drug-likeness (QED) is 0.745. The van der Waals surface area contributed by atoms with Gasteiger partial charge in [-0.2, -0.15) is 0 Å². The summed E-state index contributed by atoms with van der Waals surface area (Å²) in [6.07, 6.45) is 0. The molecular formula is C12H16ClN3O2. The van der Waals surface area contributed by atoms with Gasteiger partial charge in [0.25, 0.3) is 0 Å². The Labute approximate surface area is 111 Å². The number of carbonyl (C=O) groups is 2. The molecule has 1 aromatic rings. The molecule has 4 N–H and O–H groups in total. The molecule has 0 bridgehead atoms. The van der Waals surface area contributed by atoms with E-state index in [4.69, 9.17) is 17.3 Å². The maximum Gasteiger partial charge on any atom is 0.243 e. The van der Waals surface area contributed by atoms with E-state index in [2.05, 4.69) is 10.6 Å². The molecule has 0 aromatic heterocycles. The van der Waals surface area contributed by atoms with Gasteiger partial charge >= 0.3 is 0 Å². The summed E-state index contributed by atoms with van der Waals surface area (Å²) in [5, 5.41) is 5.74. The van der Waals surface area contributed by atoms with Crippen molar-refractivity contribution in [1.82, 2.24) is 5.32 Å². The lowest BCUT2D eigenvalue weighted by Gasteiger charge is -2.10. The summed E-state index contributed by atoms with van der Waals surface area (Å²) in [5.41, 5.74) is 5.97. The van der Waals surface area contributed by atoms with Crippen molar-refractivity contribution in [3.05, 3.63) is 29.3 Å². The number of amides is 2. The van der Waals surface area contributed by atoms with Crippen LogP contribution in [-0.4, -0.2) is 24.9 Å². The number of benzene rings is 1. The van der Waals surface area contributed by atoms with Gasteiger partial charge in [0.1, 0.15) is 0 Å². The second kappa shape index (κ2) is 6.98. The van der Waals surface area contributed by atoms with E-state index >= 15 is 0 Å². The number of halogens is 1. The van der Waals surface area contributed by atoms with Crippen molar-refractivity contribution in [3.8, 4) is 0 Å². The Balaban J connectivity index is 2.38. The summed E-state index contributed by atoms with van der Waals surface area (Å²) >= 11 is 5.72. The largest absolute Gasteiger partial charge is 0.347 e. The maximum atomic E-state index is 11.5. The summed E-state index contributed by atoms with van der Waals surface area (Å²) in [7, 11) is 0. The number of carbonyl (C=O) groups excluding carboxylic acids is 2. The molecule has 5 nitrogen and oxygen atoms in total. The average Bonchev–Trinajstić information content (AvgIpc) is 2.37. The monoisotopic (exact) mass is 269 g/mol. The van der Waals surface area contributed by atoms with Crippen molar-refractivity contribution in [2.75, 3.05) is 18.4 Å². The van der Waals surface area contributed by atoms with Crippen LogP contribution < -0.4 is 16.4 Å². The number of hydrogen-bond donors (Lipinski definition) is 3. The SMILES string of the molecule is CC(CN)C(=O)NCC(=O)Nc1ccc(Cl)cc1. The molecule has 2 amide bonds. The summed E-state index contributed by atoms with van der Waals surface area (Å²) < 4.78 is 0. The van der Waals surface area contributed by atoms with Crippen LogP contribution in [0.5, 0.6) is 0 Å². The molecule has 0 fully saturated rings. The predicted octanol–water partition coefficient (Wildman–Crippen LogP) is 0.990. The lowest BCUT2D eigenvalue weighted by atomic mass is 10.2. The van der Waals surface area contributed by atoms with Gasteiger partial charge in [-0.25, -0.2) is 0 Å². The minimum Gasteiger partial charge on any atom is -0.347 e. The van der Waals surface area contributed by atoms with Crippen LogP contribution in [0.3, 0.4) is 0 Å². The Kier molecular flexibility index (Phi) is 5.61. The lowest BCUT2D eigenvalue weighted by molar-refractivity contribution is -0.126. The van der Waals surface area contributed by atoms with Gasteiger partial charge < -0.3 is 16.4 Å². The third kappa shape index (κ3) is 4.73. The molecule has 98 valence electrons. The fourth-order valence-electron chi connectivity index (χ4n) is 1.19. The molecule has 0 aliphatic rings. The van der Waals surface area contributed by atoms with Crippen LogP contribution in [0.2, 0.25) is 5.02 Å². The number of nitrogens with one attached hydrogen (secondary N) is 2. The molecule has 0 aliphatic heterocycles. The minimum atomic E-state index is -0.298. The summed E-state index contributed by atoms with van der Waals surface area (Å²) in [4.78, 5) is 22.9. The summed E-state index contributed by atoms with van der Waals surface area (Å²) in [6, 6.07) is 6.72. The Morgan fingerprint density at radius 1 is 1.33 bits per heavy atom. The Morgan fingerprint density at radius 3 is 2.50 bits per heavy atom. The van der Waals surface area contributed by atoms with Crippen molar-refractivity contribution in [2.45, 2.75) is 6.92 Å². The van der Waals surface area contributed by atoms with Crippen LogP contribution in [0, 0.1) is 5.92 Å². The first kappa shape index (κ1) is 14.5. The van der Waals surface area contributed by atoms with Crippen LogP contribution in [-0.2, 0) is 9.59 Å². The Hall–Kier alpha value is -1.59. The molecule has 0 heterocycles. The molecule has 1 unspecified atom stereocenters. The van der Waals surface area contributed by atoms with Crippen LogP contribution >= 0.6 is 11.6 Å². The van der Waals surface area contributed by atoms with E-state index in [0.717, 1.165) is 0 Å². The van der Waals surface area contributed by atoms with Gasteiger partial charge in [0.2, 0.25) is 11.8 Å². The van der Waals surface area contributed by atoms with E-state index in [-0.39, 0.29) is 30.8 Å². The van der Waals surface area contributed by atoms with Crippen molar-refractivity contribution < 1.29 is 9.59 Å². The number of anilines is 1. The molecule has 6 heteroatoms. The highest BCUT2D eigenvalue weighted by atomic mass is 35.5. The first-order valence-corrected chi connectivity index (χ1v) is 5.94. The first-order valence-electron chi connectivity index (χ1n) is 5.56. The van der Waals surface area contributed by atoms with E-state index in [0.29, 0.717) is 10.7 Å². The van der Waals surface area contributed by atoms with Gasteiger partial charge in [-0.15, -0.1) is 0 Å². The molecule has 0 saturated carbocycles. The third-order valence-corrected chi connectivity index (χ3v) is 2.60. The molecule has 0 radical (unpaired) electrons. The molecule has 0 aliphatic carbocycles. The molecular weight excluding hydrogens is 254 g/mol. The molecule has 1 aromatic carbocycles. The van der Waals surface area contributed by atoms with E-state index < -0.39 is 0 Å². The van der Waals surface area contributed by atoms with Gasteiger partial charge in [-0.1, -0.05) is 18.5 Å². The highest BCUT2D eigenvalue weighted by molar-refractivity contribution is 6.30. The van der Waals surface area contributed by atoms with Gasteiger partial charge in [-0.05, 0) is 24.3 Å². The fourth-order valence-corrected chi connectivity index (χ4v) is 1.31. The second-order valence-corrected chi connectivity index (χ2v) is 4.35. The number of hydrogen-bond acceptors (Lipinski definition) is 3. The minimum absolute atomic E-state index is 0.0776.